The number of halogens is 7. The molecule has 0 radical (unpaired) electrons. The molecule has 1 aromatic rings. The van der Waals surface area contributed by atoms with Gasteiger partial charge in [-0.1, -0.05) is 11.6 Å². The Morgan fingerprint density at radius 3 is 1.77 bits per heavy atom. The minimum atomic E-state index is -5.19. The molecule has 2 amide bonds. The van der Waals surface area contributed by atoms with Crippen molar-refractivity contribution in [2.45, 2.75) is 38.0 Å². The summed E-state index contributed by atoms with van der Waals surface area (Å²) in [6.45, 7) is 0. The van der Waals surface area contributed by atoms with Gasteiger partial charge in [0.1, 0.15) is 0 Å². The number of carbonyl (C=O) groups excluding carboxylic acids is 2. The molecule has 3 rings (SSSR count). The van der Waals surface area contributed by atoms with Crippen LogP contribution >= 0.6 is 11.6 Å². The van der Waals surface area contributed by atoms with Gasteiger partial charge in [-0.25, -0.2) is 4.90 Å². The second-order valence-electron chi connectivity index (χ2n) is 5.96. The third-order valence-corrected chi connectivity index (χ3v) is 4.71. The predicted octanol–water partition coefficient (Wildman–Crippen LogP) is 5.12. The molecule has 2 aliphatic rings. The van der Waals surface area contributed by atoms with E-state index in [1.54, 1.807) is 0 Å². The van der Waals surface area contributed by atoms with Crippen LogP contribution < -0.4 is 4.90 Å². The number of alkyl halides is 6. The van der Waals surface area contributed by atoms with Crippen LogP contribution in [0.25, 0.3) is 0 Å². The van der Waals surface area contributed by atoms with E-state index in [2.05, 4.69) is 0 Å². The number of hydrogen-bond donors (Lipinski definition) is 0. The summed E-state index contributed by atoms with van der Waals surface area (Å²) in [5, 5.41) is -1.12. The van der Waals surface area contributed by atoms with Crippen LogP contribution in [0.2, 0.25) is 5.02 Å². The van der Waals surface area contributed by atoms with Crippen molar-refractivity contribution in [1.82, 2.24) is 0 Å². The molecule has 0 saturated carbocycles. The van der Waals surface area contributed by atoms with Gasteiger partial charge in [-0.15, -0.1) is 0 Å². The van der Waals surface area contributed by atoms with Crippen LogP contribution in [0.1, 0.15) is 36.8 Å². The van der Waals surface area contributed by atoms with Gasteiger partial charge in [-0.2, -0.15) is 26.3 Å². The maximum absolute atomic E-state index is 13.1. The average molecular weight is 398 g/mol. The van der Waals surface area contributed by atoms with E-state index in [9.17, 15) is 35.9 Å². The molecule has 0 aromatic heterocycles. The molecule has 0 N–H and O–H groups in total. The molecule has 1 aliphatic heterocycles. The van der Waals surface area contributed by atoms with Gasteiger partial charge >= 0.3 is 12.4 Å². The van der Waals surface area contributed by atoms with Gasteiger partial charge in [0, 0.05) is 11.1 Å². The molecule has 10 heteroatoms. The third-order valence-electron chi connectivity index (χ3n) is 4.32. The van der Waals surface area contributed by atoms with Crippen LogP contribution in [0.5, 0.6) is 0 Å². The smallest absolute Gasteiger partial charge is 0.269 e. The highest BCUT2D eigenvalue weighted by Crippen LogP contribution is 2.46. The third kappa shape index (κ3) is 2.98. The van der Waals surface area contributed by atoms with Gasteiger partial charge in [-0.05, 0) is 37.8 Å². The number of nitrogens with zero attached hydrogens (tertiary/aromatic N) is 1. The highest BCUT2D eigenvalue weighted by Gasteiger charge is 2.45. The Balaban J connectivity index is 2.19. The minimum Gasteiger partial charge on any atom is -0.269 e. The fourth-order valence-corrected chi connectivity index (χ4v) is 3.40. The molecule has 0 saturated heterocycles. The fraction of sp³-hybridized carbons (Fsp3) is 0.375. The largest absolute Gasteiger partial charge is 0.417 e. The molecular formula is C16H10ClF6NO2. The number of rotatable bonds is 1. The van der Waals surface area contributed by atoms with Gasteiger partial charge in [0.25, 0.3) is 11.8 Å². The number of hydrogen-bond acceptors (Lipinski definition) is 2. The van der Waals surface area contributed by atoms with Crippen molar-refractivity contribution >= 4 is 29.1 Å². The van der Waals surface area contributed by atoms with Crippen LogP contribution in [0.3, 0.4) is 0 Å². The lowest BCUT2D eigenvalue weighted by Gasteiger charge is -2.21. The number of anilines is 1. The summed E-state index contributed by atoms with van der Waals surface area (Å²) >= 11 is 5.67. The van der Waals surface area contributed by atoms with E-state index in [0.29, 0.717) is 23.8 Å². The van der Waals surface area contributed by atoms with Crippen LogP contribution in [0.15, 0.2) is 23.3 Å². The van der Waals surface area contributed by atoms with Crippen molar-refractivity contribution in [3.05, 3.63) is 39.4 Å². The highest BCUT2D eigenvalue weighted by molar-refractivity contribution is 6.39. The molecule has 0 spiro atoms. The predicted molar refractivity (Wildman–Crippen MR) is 79.4 cm³/mol. The zero-order valence-electron chi connectivity index (χ0n) is 12.9. The summed E-state index contributed by atoms with van der Waals surface area (Å²) in [5.41, 5.74) is -4.05. The van der Waals surface area contributed by atoms with E-state index >= 15 is 0 Å². The zero-order chi connectivity index (χ0) is 19.4. The molecule has 3 nitrogen and oxygen atoms in total. The van der Waals surface area contributed by atoms with Crippen molar-refractivity contribution in [3.8, 4) is 0 Å². The molecule has 0 atom stereocenters. The molecule has 0 unspecified atom stereocenters. The molecule has 26 heavy (non-hydrogen) atoms. The van der Waals surface area contributed by atoms with Gasteiger partial charge in [0.15, 0.2) is 0 Å². The second kappa shape index (κ2) is 6.00. The first-order valence-electron chi connectivity index (χ1n) is 7.51. The van der Waals surface area contributed by atoms with Crippen LogP contribution in [-0.2, 0) is 21.9 Å². The van der Waals surface area contributed by atoms with Crippen LogP contribution in [0.4, 0.5) is 32.0 Å². The minimum absolute atomic E-state index is 0.128. The van der Waals surface area contributed by atoms with E-state index in [-0.39, 0.29) is 30.1 Å². The van der Waals surface area contributed by atoms with E-state index in [1.807, 2.05) is 0 Å². The second-order valence-corrected chi connectivity index (χ2v) is 6.34. The summed E-state index contributed by atoms with van der Waals surface area (Å²) in [5.74, 6) is -1.84. The van der Waals surface area contributed by atoms with E-state index < -0.39 is 46.0 Å². The van der Waals surface area contributed by atoms with Gasteiger partial charge < -0.3 is 0 Å². The molecule has 1 heterocycles. The lowest BCUT2D eigenvalue weighted by atomic mass is 9.93. The Morgan fingerprint density at radius 1 is 0.846 bits per heavy atom. The molecule has 0 bridgehead atoms. The van der Waals surface area contributed by atoms with Crippen LogP contribution in [-0.4, -0.2) is 11.8 Å². The Morgan fingerprint density at radius 2 is 1.35 bits per heavy atom. The summed E-state index contributed by atoms with van der Waals surface area (Å²) in [6.07, 6.45) is -8.59. The summed E-state index contributed by atoms with van der Waals surface area (Å²) in [6, 6.07) is 0.163. The first kappa shape index (κ1) is 18.8. The zero-order valence-corrected chi connectivity index (χ0v) is 13.6. The van der Waals surface area contributed by atoms with Crippen LogP contribution in [0, 0.1) is 0 Å². The maximum Gasteiger partial charge on any atom is 0.417 e. The number of benzene rings is 1. The Labute approximate surface area is 148 Å². The monoisotopic (exact) mass is 397 g/mol. The topological polar surface area (TPSA) is 37.4 Å². The maximum atomic E-state index is 13.1. The lowest BCUT2D eigenvalue weighted by molar-refractivity contribution is -0.143. The first-order chi connectivity index (χ1) is 11.9. The fourth-order valence-electron chi connectivity index (χ4n) is 3.10. The van der Waals surface area contributed by atoms with Gasteiger partial charge in [0.2, 0.25) is 0 Å². The van der Waals surface area contributed by atoms with E-state index in [4.69, 9.17) is 11.6 Å². The van der Waals surface area contributed by atoms with Gasteiger partial charge in [0.05, 0.1) is 21.8 Å². The number of amides is 2. The Bertz CT molecular complexity index is 812. The highest BCUT2D eigenvalue weighted by atomic mass is 35.5. The quantitative estimate of drug-likeness (QED) is 0.487. The Kier molecular flexibility index (Phi) is 4.33. The molecule has 1 aromatic carbocycles. The molecular weight excluding hydrogens is 388 g/mol. The molecule has 0 fully saturated rings. The van der Waals surface area contributed by atoms with E-state index in [0.717, 1.165) is 0 Å². The molecule has 1 aliphatic carbocycles. The summed E-state index contributed by atoms with van der Waals surface area (Å²) in [7, 11) is 0. The average Bonchev–Trinajstić information content (AvgIpc) is 2.78. The standard InChI is InChI=1S/C16H10ClF6NO2/c17-12-10(16(21,22)23)5-7(15(18,19)20)6-11(12)24-13(25)8-3-1-2-4-9(8)14(24)26/h5-6H,1-4H2. The van der Waals surface area contributed by atoms with Crippen molar-refractivity contribution in [1.29, 1.82) is 0 Å². The summed E-state index contributed by atoms with van der Waals surface area (Å²) in [4.78, 5) is 25.2. The summed E-state index contributed by atoms with van der Waals surface area (Å²) < 4.78 is 78.5. The van der Waals surface area contributed by atoms with Crippen molar-refractivity contribution in [3.63, 3.8) is 0 Å². The number of carbonyl (C=O) groups is 2. The normalized spacial score (nSPS) is 18.7. The lowest BCUT2D eigenvalue weighted by Crippen LogP contribution is -2.32. The van der Waals surface area contributed by atoms with Crippen molar-refractivity contribution in [2.75, 3.05) is 4.90 Å². The SMILES string of the molecule is O=C1C2=C(CCCC2)C(=O)N1c1cc(C(F)(F)F)cc(C(F)(F)F)c1Cl. The first-order valence-corrected chi connectivity index (χ1v) is 7.89. The van der Waals surface area contributed by atoms with Crippen molar-refractivity contribution in [2.24, 2.45) is 0 Å². The van der Waals surface area contributed by atoms with Crippen molar-refractivity contribution < 1.29 is 35.9 Å². The van der Waals surface area contributed by atoms with E-state index in [1.165, 1.54) is 0 Å². The Hall–Kier alpha value is -2.03. The molecule has 140 valence electrons. The number of imide groups is 1. The van der Waals surface area contributed by atoms with Gasteiger partial charge in [-0.3, -0.25) is 9.59 Å².